The van der Waals surface area contributed by atoms with Gasteiger partial charge in [0.05, 0.1) is 11.6 Å². The molecule has 0 spiro atoms. The number of anilines is 1. The number of methoxy groups -OCH3 is 1. The molecule has 2 aromatic carbocycles. The van der Waals surface area contributed by atoms with Crippen LogP contribution in [0.4, 0.5) is 5.69 Å². The highest BCUT2D eigenvalue weighted by molar-refractivity contribution is 9.10. The van der Waals surface area contributed by atoms with Crippen molar-refractivity contribution < 1.29 is 23.9 Å². The standard InChI is InChI=1S/C35H41BrN2O5/c1-19-9-10-20(2)23(11-19)37-29(41)18-43-33-22(36)12-21(13-28(33)42-8)30-31-24(14-34(3,4)16-26(31)39)38(7)25-15-35(5,6)17-27(40)32(25)30/h9-13,30H,14-18H2,1-8H3,(H,37,41). The monoisotopic (exact) mass is 648 g/mol. The first-order valence-corrected chi connectivity index (χ1v) is 15.5. The van der Waals surface area contributed by atoms with Crippen molar-refractivity contribution in [1.29, 1.82) is 0 Å². The minimum absolute atomic E-state index is 0.0748. The number of benzene rings is 2. The van der Waals surface area contributed by atoms with Gasteiger partial charge < -0.3 is 19.7 Å². The summed E-state index contributed by atoms with van der Waals surface area (Å²) in [6.07, 6.45) is 2.35. The van der Waals surface area contributed by atoms with E-state index in [2.05, 4.69) is 53.8 Å². The van der Waals surface area contributed by atoms with Crippen LogP contribution in [0.15, 0.2) is 57.3 Å². The minimum atomic E-state index is -0.500. The summed E-state index contributed by atoms with van der Waals surface area (Å²) in [5, 5.41) is 2.92. The number of ketones is 2. The van der Waals surface area contributed by atoms with E-state index in [-0.39, 0.29) is 34.9 Å². The van der Waals surface area contributed by atoms with E-state index in [0.717, 1.165) is 46.6 Å². The first kappa shape index (κ1) is 31.0. The number of halogens is 1. The van der Waals surface area contributed by atoms with E-state index in [1.54, 1.807) is 7.11 Å². The number of aryl methyl sites for hydroxylation is 2. The molecule has 5 rings (SSSR count). The van der Waals surface area contributed by atoms with Gasteiger partial charge in [0.2, 0.25) is 0 Å². The minimum Gasteiger partial charge on any atom is -0.493 e. The fraction of sp³-hybridized carbons (Fsp3) is 0.457. The maximum atomic E-state index is 13.8. The highest BCUT2D eigenvalue weighted by atomic mass is 79.9. The number of hydrogen-bond donors (Lipinski definition) is 1. The van der Waals surface area contributed by atoms with E-state index < -0.39 is 5.92 Å². The number of carbonyl (C=O) groups excluding carboxylic acids is 3. The molecule has 8 heteroatoms. The lowest BCUT2D eigenvalue weighted by molar-refractivity contribution is -0.120. The second-order valence-electron chi connectivity index (χ2n) is 13.8. The van der Waals surface area contributed by atoms with Gasteiger partial charge in [0, 0.05) is 54.0 Å². The normalized spacial score (nSPS) is 19.7. The Kier molecular flexibility index (Phi) is 8.14. The van der Waals surface area contributed by atoms with Crippen LogP contribution >= 0.6 is 15.9 Å². The van der Waals surface area contributed by atoms with E-state index in [9.17, 15) is 14.4 Å². The number of nitrogens with one attached hydrogen (secondary N) is 1. The van der Waals surface area contributed by atoms with Crippen LogP contribution in [0.1, 0.15) is 76.0 Å². The third-order valence-electron chi connectivity index (χ3n) is 8.78. The van der Waals surface area contributed by atoms with Crippen LogP contribution in [0, 0.1) is 24.7 Å². The molecular weight excluding hydrogens is 608 g/mol. The molecule has 43 heavy (non-hydrogen) atoms. The third-order valence-corrected chi connectivity index (χ3v) is 9.37. The Balaban J connectivity index is 1.53. The van der Waals surface area contributed by atoms with E-state index >= 15 is 0 Å². The van der Waals surface area contributed by atoms with Crippen molar-refractivity contribution in [3.05, 3.63) is 74.0 Å². The second-order valence-corrected chi connectivity index (χ2v) is 14.6. The molecule has 0 fully saturated rings. The highest BCUT2D eigenvalue weighted by Crippen LogP contribution is 2.55. The molecule has 0 aromatic heterocycles. The van der Waals surface area contributed by atoms with Gasteiger partial charge in [-0.2, -0.15) is 0 Å². The fourth-order valence-electron chi connectivity index (χ4n) is 6.74. The van der Waals surface area contributed by atoms with Gasteiger partial charge in [0.15, 0.2) is 29.7 Å². The number of ether oxygens (including phenoxy) is 2. The molecule has 3 aliphatic rings. The largest absolute Gasteiger partial charge is 0.493 e. The number of carbonyl (C=O) groups is 3. The van der Waals surface area contributed by atoms with E-state index in [4.69, 9.17) is 9.47 Å². The molecule has 0 atom stereocenters. The van der Waals surface area contributed by atoms with Crippen LogP contribution < -0.4 is 14.8 Å². The number of amides is 1. The molecule has 1 N–H and O–H groups in total. The Morgan fingerprint density at radius 2 is 1.53 bits per heavy atom. The molecule has 2 aliphatic carbocycles. The predicted octanol–water partition coefficient (Wildman–Crippen LogP) is 7.41. The summed E-state index contributed by atoms with van der Waals surface area (Å²) in [4.78, 5) is 42.6. The summed E-state index contributed by atoms with van der Waals surface area (Å²) in [6.45, 7) is 12.2. The quantitative estimate of drug-likeness (QED) is 0.351. The summed E-state index contributed by atoms with van der Waals surface area (Å²) < 4.78 is 12.3. The Labute approximate surface area is 262 Å². The number of rotatable bonds is 6. The van der Waals surface area contributed by atoms with Crippen molar-refractivity contribution in [3.63, 3.8) is 0 Å². The highest BCUT2D eigenvalue weighted by Gasteiger charge is 2.48. The second kappa shape index (κ2) is 11.3. The number of allylic oxidation sites excluding steroid dienone is 4. The molecule has 0 radical (unpaired) electrons. The van der Waals surface area contributed by atoms with Crippen LogP contribution in [0.5, 0.6) is 11.5 Å². The van der Waals surface area contributed by atoms with Crippen LogP contribution in [-0.4, -0.2) is 43.1 Å². The molecule has 0 saturated carbocycles. The summed E-state index contributed by atoms with van der Waals surface area (Å²) >= 11 is 3.65. The zero-order chi connectivity index (χ0) is 31.4. The Bertz CT molecular complexity index is 1550. The molecule has 228 valence electrons. The first-order valence-electron chi connectivity index (χ1n) is 14.7. The summed E-state index contributed by atoms with van der Waals surface area (Å²) in [5.74, 6) is 0.152. The van der Waals surface area contributed by atoms with Gasteiger partial charge >= 0.3 is 0 Å². The van der Waals surface area contributed by atoms with Gasteiger partial charge in [0.25, 0.3) is 5.91 Å². The number of Topliss-reactive ketones (excluding diaryl/α,β-unsaturated/α-hetero) is 2. The maximum absolute atomic E-state index is 13.8. The van der Waals surface area contributed by atoms with E-state index in [1.165, 1.54) is 0 Å². The van der Waals surface area contributed by atoms with Crippen molar-refractivity contribution in [2.75, 3.05) is 26.1 Å². The molecule has 0 saturated heterocycles. The zero-order valence-corrected chi connectivity index (χ0v) is 28.0. The lowest BCUT2D eigenvalue weighted by atomic mass is 9.64. The van der Waals surface area contributed by atoms with Crippen LogP contribution in [-0.2, 0) is 14.4 Å². The van der Waals surface area contributed by atoms with Crippen molar-refractivity contribution in [1.82, 2.24) is 4.90 Å². The van der Waals surface area contributed by atoms with Gasteiger partial charge in [-0.15, -0.1) is 0 Å². The van der Waals surface area contributed by atoms with Crippen molar-refractivity contribution in [2.45, 2.75) is 73.1 Å². The lowest BCUT2D eigenvalue weighted by Gasteiger charge is -2.48. The van der Waals surface area contributed by atoms with Gasteiger partial charge in [0.1, 0.15) is 0 Å². The van der Waals surface area contributed by atoms with Gasteiger partial charge in [-0.1, -0.05) is 39.8 Å². The molecule has 1 amide bonds. The van der Waals surface area contributed by atoms with Crippen LogP contribution in [0.2, 0.25) is 0 Å². The average molecular weight is 650 g/mol. The Morgan fingerprint density at radius 1 is 0.953 bits per heavy atom. The molecule has 7 nitrogen and oxygen atoms in total. The SMILES string of the molecule is COc1cc(C2C3=C(CC(C)(C)CC3=O)N(C)C3=C2C(=O)CC(C)(C)C3)cc(Br)c1OCC(=O)Nc1cc(C)ccc1C. The summed E-state index contributed by atoms with van der Waals surface area (Å²) in [7, 11) is 3.54. The number of nitrogens with zero attached hydrogens (tertiary/aromatic N) is 1. The van der Waals surface area contributed by atoms with Gasteiger partial charge in [-0.3, -0.25) is 14.4 Å². The third kappa shape index (κ3) is 6.03. The first-order chi connectivity index (χ1) is 20.1. The van der Waals surface area contributed by atoms with Crippen LogP contribution in [0.25, 0.3) is 0 Å². The van der Waals surface area contributed by atoms with Crippen molar-refractivity contribution in [3.8, 4) is 11.5 Å². The molecule has 0 bridgehead atoms. The Hall–Kier alpha value is -3.39. The molecule has 2 aromatic rings. The summed E-state index contributed by atoms with van der Waals surface area (Å²) in [6, 6.07) is 9.62. The lowest BCUT2D eigenvalue weighted by Crippen LogP contribution is -2.43. The van der Waals surface area contributed by atoms with Gasteiger partial charge in [-0.25, -0.2) is 0 Å². The average Bonchev–Trinajstić information content (AvgIpc) is 2.89. The smallest absolute Gasteiger partial charge is 0.262 e. The molecular formula is C35H41BrN2O5. The maximum Gasteiger partial charge on any atom is 0.262 e. The fourth-order valence-corrected chi connectivity index (χ4v) is 7.31. The predicted molar refractivity (Wildman–Crippen MR) is 171 cm³/mol. The van der Waals surface area contributed by atoms with E-state index in [0.29, 0.717) is 40.0 Å². The van der Waals surface area contributed by atoms with Crippen molar-refractivity contribution in [2.24, 2.45) is 10.8 Å². The van der Waals surface area contributed by atoms with Crippen LogP contribution in [0.3, 0.4) is 0 Å². The topological polar surface area (TPSA) is 84.9 Å². The Morgan fingerprint density at radius 3 is 2.09 bits per heavy atom. The number of hydrogen-bond acceptors (Lipinski definition) is 6. The molecule has 1 heterocycles. The summed E-state index contributed by atoms with van der Waals surface area (Å²) in [5.41, 5.74) is 6.58. The molecule has 0 unspecified atom stereocenters. The zero-order valence-electron chi connectivity index (χ0n) is 26.4. The van der Waals surface area contributed by atoms with Crippen molar-refractivity contribution >= 4 is 39.1 Å². The van der Waals surface area contributed by atoms with E-state index in [1.807, 2.05) is 51.2 Å². The van der Waals surface area contributed by atoms with Gasteiger partial charge in [-0.05, 0) is 88.3 Å². The molecule has 1 aliphatic heterocycles.